The molecule has 7 heteroatoms. The summed E-state index contributed by atoms with van der Waals surface area (Å²) in [5.74, 6) is 0.839. The van der Waals surface area contributed by atoms with Crippen molar-refractivity contribution in [2.45, 2.75) is 47.0 Å². The molecule has 0 radical (unpaired) electrons. The Bertz CT molecular complexity index is 902. The van der Waals surface area contributed by atoms with Gasteiger partial charge in [-0.15, -0.1) is 0 Å². The summed E-state index contributed by atoms with van der Waals surface area (Å²) in [5, 5.41) is 9.88. The van der Waals surface area contributed by atoms with Crippen LogP contribution in [0.3, 0.4) is 0 Å². The number of ether oxygens (including phenoxy) is 1. The van der Waals surface area contributed by atoms with E-state index in [1.165, 1.54) is 5.56 Å². The van der Waals surface area contributed by atoms with Crippen molar-refractivity contribution in [3.8, 4) is 11.5 Å². The van der Waals surface area contributed by atoms with Gasteiger partial charge in [-0.1, -0.05) is 19.9 Å². The van der Waals surface area contributed by atoms with E-state index >= 15 is 0 Å². The lowest BCUT2D eigenvalue weighted by Gasteiger charge is -2.25. The van der Waals surface area contributed by atoms with Crippen LogP contribution in [0.2, 0.25) is 0 Å². The lowest BCUT2D eigenvalue weighted by Crippen LogP contribution is -2.13. The molecule has 0 amide bonds. The summed E-state index contributed by atoms with van der Waals surface area (Å²) in [7, 11) is -0.362. The van der Waals surface area contributed by atoms with E-state index in [9.17, 15) is 19.5 Å². The van der Waals surface area contributed by atoms with Crippen LogP contribution < -0.4 is 9.64 Å². The molecule has 0 spiro atoms. The van der Waals surface area contributed by atoms with Crippen LogP contribution in [0.15, 0.2) is 18.2 Å². The largest absolute Gasteiger partial charge is 0.508 e. The van der Waals surface area contributed by atoms with Gasteiger partial charge in [0.1, 0.15) is 11.5 Å². The van der Waals surface area contributed by atoms with Crippen molar-refractivity contribution in [1.82, 2.24) is 0 Å². The first kappa shape index (κ1) is 23.3. The second-order valence-electron chi connectivity index (χ2n) is 7.54. The Balaban J connectivity index is 2.61. The van der Waals surface area contributed by atoms with E-state index in [2.05, 4.69) is 0 Å². The van der Waals surface area contributed by atoms with Crippen molar-refractivity contribution in [1.29, 1.82) is 0 Å². The highest BCUT2D eigenvalue weighted by Crippen LogP contribution is 2.40. The Morgan fingerprint density at radius 1 is 1.00 bits per heavy atom. The van der Waals surface area contributed by atoms with Crippen molar-refractivity contribution < 1.29 is 24.2 Å². The van der Waals surface area contributed by atoms with Gasteiger partial charge in [0.15, 0.2) is 6.35 Å². The van der Waals surface area contributed by atoms with Gasteiger partial charge in [-0.2, -0.15) is 0 Å². The van der Waals surface area contributed by atoms with E-state index in [0.29, 0.717) is 25.0 Å². The number of benzene rings is 2. The van der Waals surface area contributed by atoms with Crippen molar-refractivity contribution >= 4 is 13.3 Å². The van der Waals surface area contributed by atoms with Crippen LogP contribution in [0.5, 0.6) is 11.5 Å². The third kappa shape index (κ3) is 5.33. The molecule has 29 heavy (non-hydrogen) atoms. The number of hydrogen-bond acceptors (Lipinski definition) is 4. The van der Waals surface area contributed by atoms with Crippen LogP contribution in [-0.2, 0) is 23.8 Å². The maximum atomic E-state index is 11.4. The quantitative estimate of drug-likeness (QED) is 0.551. The van der Waals surface area contributed by atoms with Crippen molar-refractivity contribution in [3.05, 3.63) is 51.6 Å². The SMILES string of the molecule is CCc1c(C)c(Cc2ccc(O)cc2N(C)C)c(C)c(CC)c1OCP(=O)(O)O. The van der Waals surface area contributed by atoms with Gasteiger partial charge in [-0.3, -0.25) is 4.57 Å². The number of nitrogens with zero attached hydrogens (tertiary/aromatic N) is 1. The number of hydrogen-bond donors (Lipinski definition) is 3. The number of aromatic hydroxyl groups is 1. The van der Waals surface area contributed by atoms with E-state index < -0.39 is 13.9 Å². The van der Waals surface area contributed by atoms with E-state index in [4.69, 9.17) is 4.74 Å². The van der Waals surface area contributed by atoms with Gasteiger partial charge < -0.3 is 24.5 Å². The van der Waals surface area contributed by atoms with Crippen LogP contribution in [0.25, 0.3) is 0 Å². The van der Waals surface area contributed by atoms with Crippen LogP contribution >= 0.6 is 7.60 Å². The third-order valence-corrected chi connectivity index (χ3v) is 5.83. The van der Waals surface area contributed by atoms with Gasteiger partial charge in [0, 0.05) is 32.3 Å². The number of phenolic OH excluding ortho intramolecular Hbond substituents is 1. The average Bonchev–Trinajstić information content (AvgIpc) is 2.63. The highest BCUT2D eigenvalue weighted by molar-refractivity contribution is 7.51. The maximum absolute atomic E-state index is 11.4. The van der Waals surface area contributed by atoms with Gasteiger partial charge in [0.2, 0.25) is 0 Å². The summed E-state index contributed by atoms with van der Waals surface area (Å²) < 4.78 is 17.0. The second-order valence-corrected chi connectivity index (χ2v) is 9.13. The molecule has 3 N–H and O–H groups in total. The average molecular weight is 421 g/mol. The van der Waals surface area contributed by atoms with Crippen molar-refractivity contribution in [2.24, 2.45) is 0 Å². The van der Waals surface area contributed by atoms with E-state index in [0.717, 1.165) is 33.5 Å². The van der Waals surface area contributed by atoms with E-state index in [1.54, 1.807) is 12.1 Å². The standard InChI is InChI=1S/C22H32NO5P/c1-7-18-14(3)20(11-16-9-10-17(24)12-21(16)23(5)6)15(4)19(8-2)22(18)28-13-29(25,26)27/h9-10,12,24H,7-8,11,13H2,1-6H3,(H2,25,26,27). The predicted molar refractivity (Wildman–Crippen MR) is 117 cm³/mol. The molecule has 0 atom stereocenters. The number of rotatable bonds is 8. The first-order valence-corrected chi connectivity index (χ1v) is 11.6. The minimum atomic E-state index is -4.26. The van der Waals surface area contributed by atoms with Crippen molar-refractivity contribution in [3.63, 3.8) is 0 Å². The molecule has 0 saturated heterocycles. The third-order valence-electron chi connectivity index (χ3n) is 5.36. The van der Waals surface area contributed by atoms with Crippen LogP contribution in [-0.4, -0.2) is 35.3 Å². The topological polar surface area (TPSA) is 90.2 Å². The summed E-state index contributed by atoms with van der Waals surface area (Å²) in [6.45, 7) is 8.13. The Hall–Kier alpha value is -2.01. The van der Waals surface area contributed by atoms with Crippen LogP contribution in [0.4, 0.5) is 5.69 Å². The smallest absolute Gasteiger partial charge is 0.362 e. The molecule has 0 unspecified atom stereocenters. The number of phenols is 1. The molecular weight excluding hydrogens is 389 g/mol. The molecule has 6 nitrogen and oxygen atoms in total. The molecule has 0 aliphatic heterocycles. The fourth-order valence-electron chi connectivity index (χ4n) is 3.92. The molecule has 2 aromatic carbocycles. The summed E-state index contributed by atoms with van der Waals surface area (Å²) in [4.78, 5) is 20.5. The van der Waals surface area contributed by atoms with E-state index in [1.807, 2.05) is 52.8 Å². The molecule has 0 fully saturated rings. The number of anilines is 1. The van der Waals surface area contributed by atoms with Gasteiger partial charge in [0.05, 0.1) is 0 Å². The Morgan fingerprint density at radius 3 is 2.00 bits per heavy atom. The van der Waals surface area contributed by atoms with Gasteiger partial charge in [-0.25, -0.2) is 0 Å². The van der Waals surface area contributed by atoms with Crippen LogP contribution in [0.1, 0.15) is 47.2 Å². The highest BCUT2D eigenvalue weighted by atomic mass is 31.2. The maximum Gasteiger partial charge on any atom is 0.362 e. The fourth-order valence-corrected chi connectivity index (χ4v) is 4.21. The Kier molecular flexibility index (Phi) is 7.39. The normalized spacial score (nSPS) is 11.6. The predicted octanol–water partition coefficient (Wildman–Crippen LogP) is 4.30. The molecule has 2 aromatic rings. The molecular formula is C22H32NO5P. The summed E-state index contributed by atoms with van der Waals surface area (Å²) in [6.07, 6.45) is 1.50. The van der Waals surface area contributed by atoms with Crippen LogP contribution in [0, 0.1) is 13.8 Å². The Morgan fingerprint density at radius 2 is 1.55 bits per heavy atom. The summed E-state index contributed by atoms with van der Waals surface area (Å²) >= 11 is 0. The first-order chi connectivity index (χ1) is 13.5. The first-order valence-electron chi connectivity index (χ1n) is 9.80. The van der Waals surface area contributed by atoms with Gasteiger partial charge in [0.25, 0.3) is 0 Å². The monoisotopic (exact) mass is 421 g/mol. The van der Waals surface area contributed by atoms with Crippen molar-refractivity contribution in [2.75, 3.05) is 25.3 Å². The molecule has 0 saturated carbocycles. The van der Waals surface area contributed by atoms with Gasteiger partial charge in [-0.05, 0) is 66.1 Å². The lowest BCUT2D eigenvalue weighted by molar-refractivity contribution is 0.297. The molecule has 0 aromatic heterocycles. The van der Waals surface area contributed by atoms with Gasteiger partial charge >= 0.3 is 7.60 Å². The fraction of sp³-hybridized carbons (Fsp3) is 0.455. The zero-order valence-electron chi connectivity index (χ0n) is 18.1. The summed E-state index contributed by atoms with van der Waals surface area (Å²) in [5.41, 5.74) is 7.40. The minimum absolute atomic E-state index is 0.232. The van der Waals surface area contributed by atoms with E-state index in [-0.39, 0.29) is 5.75 Å². The molecule has 0 heterocycles. The zero-order valence-corrected chi connectivity index (χ0v) is 19.0. The molecule has 0 bridgehead atoms. The summed E-state index contributed by atoms with van der Waals surface area (Å²) in [6, 6.07) is 5.41. The second kappa shape index (κ2) is 9.21. The molecule has 2 rings (SSSR count). The molecule has 0 aliphatic rings. The molecule has 0 aliphatic carbocycles. The minimum Gasteiger partial charge on any atom is -0.508 e. The lowest BCUT2D eigenvalue weighted by atomic mass is 9.86. The zero-order chi connectivity index (χ0) is 21.9. The molecule has 160 valence electrons. The highest BCUT2D eigenvalue weighted by Gasteiger charge is 2.23. The Labute approximate surface area is 173 Å².